The average molecular weight is 235 g/mol. The van der Waals surface area contributed by atoms with Gasteiger partial charge in [0.05, 0.1) is 31.1 Å². The number of hydrogen-bond donors (Lipinski definition) is 1. The average Bonchev–Trinajstić information content (AvgIpc) is 2.57. The lowest BCUT2D eigenvalue weighted by atomic mass is 10.3. The maximum atomic E-state index is 12.2. The number of nitrogens with zero attached hydrogens (tertiary/aromatic N) is 3. The molecule has 0 amide bonds. The van der Waals surface area contributed by atoms with Crippen LogP contribution in [0.1, 0.15) is 11.4 Å². The Morgan fingerprint density at radius 3 is 2.75 bits per heavy atom. The third-order valence-corrected chi connectivity index (χ3v) is 2.49. The molecule has 0 unspecified atom stereocenters. The number of fused-ring (bicyclic) bond motifs is 1. The largest absolute Gasteiger partial charge is 0.401 e. The summed E-state index contributed by atoms with van der Waals surface area (Å²) in [4.78, 5) is 1.33. The molecular weight excluding hydrogens is 223 g/mol. The van der Waals surface area contributed by atoms with Crippen LogP contribution in [0.25, 0.3) is 0 Å². The van der Waals surface area contributed by atoms with Crippen molar-refractivity contribution in [3.8, 4) is 0 Å². The van der Waals surface area contributed by atoms with Crippen molar-refractivity contribution in [2.75, 3.05) is 13.1 Å². The summed E-state index contributed by atoms with van der Waals surface area (Å²) in [6.07, 6.45) is -4.16. The minimum atomic E-state index is -4.16. The van der Waals surface area contributed by atoms with E-state index in [0.717, 1.165) is 5.69 Å². The number of aromatic nitrogens is 2. The van der Waals surface area contributed by atoms with Crippen LogP contribution in [0.2, 0.25) is 0 Å². The van der Waals surface area contributed by atoms with Crippen LogP contribution in [0.5, 0.6) is 0 Å². The number of aliphatic hydroxyl groups is 1. The first-order valence-corrected chi connectivity index (χ1v) is 4.93. The molecular formula is C9H12F3N3O. The van der Waals surface area contributed by atoms with Gasteiger partial charge in [0.1, 0.15) is 0 Å². The SMILES string of the molecule is OCc1cc2n(n1)CCN(CC(F)(F)F)C2. The molecule has 0 bridgehead atoms. The lowest BCUT2D eigenvalue weighted by Crippen LogP contribution is -2.39. The molecule has 1 aliphatic heterocycles. The minimum Gasteiger partial charge on any atom is -0.390 e. The zero-order valence-electron chi connectivity index (χ0n) is 8.54. The molecule has 1 N–H and O–H groups in total. The number of rotatable bonds is 2. The molecule has 0 aromatic carbocycles. The highest BCUT2D eigenvalue weighted by molar-refractivity contribution is 5.11. The molecule has 0 saturated carbocycles. The van der Waals surface area contributed by atoms with E-state index >= 15 is 0 Å². The zero-order chi connectivity index (χ0) is 11.8. The molecule has 7 heteroatoms. The summed E-state index contributed by atoms with van der Waals surface area (Å²) in [5, 5.41) is 12.9. The van der Waals surface area contributed by atoms with E-state index in [1.54, 1.807) is 10.7 Å². The maximum absolute atomic E-state index is 12.2. The van der Waals surface area contributed by atoms with Gasteiger partial charge >= 0.3 is 6.18 Å². The topological polar surface area (TPSA) is 41.3 Å². The van der Waals surface area contributed by atoms with Crippen molar-refractivity contribution >= 4 is 0 Å². The molecule has 0 aliphatic carbocycles. The van der Waals surface area contributed by atoms with E-state index in [4.69, 9.17) is 5.11 Å². The fraction of sp³-hybridized carbons (Fsp3) is 0.667. The van der Waals surface area contributed by atoms with Crippen molar-refractivity contribution in [3.05, 3.63) is 17.5 Å². The van der Waals surface area contributed by atoms with Gasteiger partial charge in [-0.2, -0.15) is 18.3 Å². The van der Waals surface area contributed by atoms with Gasteiger partial charge in [0, 0.05) is 13.1 Å². The second-order valence-electron chi connectivity index (χ2n) is 3.83. The van der Waals surface area contributed by atoms with E-state index < -0.39 is 12.7 Å². The third-order valence-electron chi connectivity index (χ3n) is 2.49. The molecule has 0 saturated heterocycles. The smallest absolute Gasteiger partial charge is 0.390 e. The van der Waals surface area contributed by atoms with Gasteiger partial charge in [-0.1, -0.05) is 0 Å². The number of aliphatic hydroxyl groups excluding tert-OH is 1. The Labute approximate surface area is 90.3 Å². The van der Waals surface area contributed by atoms with Crippen LogP contribution in [0.4, 0.5) is 13.2 Å². The van der Waals surface area contributed by atoms with Gasteiger partial charge in [-0.3, -0.25) is 9.58 Å². The Hall–Kier alpha value is -1.08. The molecule has 1 aliphatic rings. The van der Waals surface area contributed by atoms with E-state index in [9.17, 15) is 13.2 Å². The number of hydrogen-bond acceptors (Lipinski definition) is 3. The molecule has 2 rings (SSSR count). The lowest BCUT2D eigenvalue weighted by molar-refractivity contribution is -0.148. The Morgan fingerprint density at radius 1 is 1.38 bits per heavy atom. The first-order valence-electron chi connectivity index (χ1n) is 4.93. The van der Waals surface area contributed by atoms with E-state index in [1.165, 1.54) is 4.90 Å². The summed E-state index contributed by atoms with van der Waals surface area (Å²) in [5.74, 6) is 0. The Balaban J connectivity index is 2.05. The van der Waals surface area contributed by atoms with E-state index in [-0.39, 0.29) is 13.2 Å². The van der Waals surface area contributed by atoms with Crippen molar-refractivity contribution in [1.82, 2.24) is 14.7 Å². The normalized spacial score (nSPS) is 17.5. The quantitative estimate of drug-likeness (QED) is 0.822. The summed E-state index contributed by atoms with van der Waals surface area (Å²) in [6, 6.07) is 1.64. The van der Waals surface area contributed by atoms with Crippen LogP contribution in [0, 0.1) is 0 Å². The molecule has 16 heavy (non-hydrogen) atoms. The van der Waals surface area contributed by atoms with E-state index in [2.05, 4.69) is 5.10 Å². The third kappa shape index (κ3) is 2.53. The van der Waals surface area contributed by atoms with Gasteiger partial charge in [0.2, 0.25) is 0 Å². The van der Waals surface area contributed by atoms with Crippen molar-refractivity contribution in [2.24, 2.45) is 0 Å². The predicted octanol–water partition coefficient (Wildman–Crippen LogP) is 0.753. The first-order chi connectivity index (χ1) is 7.48. The van der Waals surface area contributed by atoms with Crippen molar-refractivity contribution < 1.29 is 18.3 Å². The molecule has 0 radical (unpaired) electrons. The van der Waals surface area contributed by atoms with Crippen molar-refractivity contribution in [1.29, 1.82) is 0 Å². The van der Waals surface area contributed by atoms with Gasteiger partial charge in [0.25, 0.3) is 0 Å². The summed E-state index contributed by atoms with van der Waals surface area (Å²) in [6.45, 7) is -0.0805. The predicted molar refractivity (Wildman–Crippen MR) is 49.5 cm³/mol. The summed E-state index contributed by atoms with van der Waals surface area (Å²) in [7, 11) is 0. The van der Waals surface area contributed by atoms with Gasteiger partial charge in [-0.15, -0.1) is 0 Å². The first kappa shape index (κ1) is 11.4. The van der Waals surface area contributed by atoms with Crippen LogP contribution in [0.15, 0.2) is 6.07 Å². The highest BCUT2D eigenvalue weighted by Gasteiger charge is 2.32. The van der Waals surface area contributed by atoms with E-state index in [1.807, 2.05) is 0 Å². The highest BCUT2D eigenvalue weighted by Crippen LogP contribution is 2.20. The molecule has 0 fully saturated rings. The summed E-state index contributed by atoms with van der Waals surface area (Å²) >= 11 is 0. The summed E-state index contributed by atoms with van der Waals surface area (Å²) < 4.78 is 38.2. The monoisotopic (exact) mass is 235 g/mol. The molecule has 2 heterocycles. The second-order valence-corrected chi connectivity index (χ2v) is 3.83. The van der Waals surface area contributed by atoms with Crippen LogP contribution in [0.3, 0.4) is 0 Å². The number of halogens is 3. The van der Waals surface area contributed by atoms with Gasteiger partial charge in [-0.25, -0.2) is 0 Å². The Kier molecular flexibility index (Phi) is 2.90. The summed E-state index contributed by atoms with van der Waals surface area (Å²) in [5.41, 5.74) is 1.23. The minimum absolute atomic E-state index is 0.181. The molecule has 90 valence electrons. The number of alkyl halides is 3. The Morgan fingerprint density at radius 2 is 2.12 bits per heavy atom. The van der Waals surface area contributed by atoms with Crippen LogP contribution < -0.4 is 0 Å². The van der Waals surface area contributed by atoms with Gasteiger partial charge in [0.15, 0.2) is 0 Å². The van der Waals surface area contributed by atoms with E-state index in [0.29, 0.717) is 18.8 Å². The highest BCUT2D eigenvalue weighted by atomic mass is 19.4. The van der Waals surface area contributed by atoms with Crippen LogP contribution in [-0.4, -0.2) is 39.1 Å². The molecule has 0 spiro atoms. The molecule has 0 atom stereocenters. The van der Waals surface area contributed by atoms with Crippen molar-refractivity contribution in [2.45, 2.75) is 25.9 Å². The fourth-order valence-corrected chi connectivity index (χ4v) is 1.85. The molecule has 1 aromatic rings. The molecule has 4 nitrogen and oxygen atoms in total. The molecule has 1 aromatic heterocycles. The second kappa shape index (κ2) is 4.06. The zero-order valence-corrected chi connectivity index (χ0v) is 8.54. The van der Waals surface area contributed by atoms with Crippen LogP contribution >= 0.6 is 0 Å². The van der Waals surface area contributed by atoms with Gasteiger partial charge < -0.3 is 5.11 Å². The maximum Gasteiger partial charge on any atom is 0.401 e. The Bertz CT molecular complexity index is 375. The standard InChI is InChI=1S/C9H12F3N3O/c10-9(11,12)6-14-1-2-15-8(4-14)3-7(5-16)13-15/h3,16H,1-2,4-6H2. The van der Waals surface area contributed by atoms with Crippen molar-refractivity contribution in [3.63, 3.8) is 0 Å². The lowest BCUT2D eigenvalue weighted by Gasteiger charge is -2.28. The fourth-order valence-electron chi connectivity index (χ4n) is 1.85. The van der Waals surface area contributed by atoms with Crippen LogP contribution in [-0.2, 0) is 19.7 Å². The van der Waals surface area contributed by atoms with Gasteiger partial charge in [-0.05, 0) is 6.07 Å².